The average Bonchev–Trinajstić information content (AvgIpc) is 2.26. The largest absolute Gasteiger partial charge is 0.407 e. The highest BCUT2D eigenvalue weighted by atomic mass is 32.2. The fraction of sp³-hybridized carbons (Fsp3) is 0.455. The van der Waals surface area contributed by atoms with Crippen LogP contribution in [0.5, 0.6) is 0 Å². The van der Waals surface area contributed by atoms with Crippen molar-refractivity contribution < 1.29 is 21.6 Å². The topological polar surface area (TPSA) is 58.2 Å². The maximum Gasteiger partial charge on any atom is 0.407 e. The van der Waals surface area contributed by atoms with Gasteiger partial charge >= 0.3 is 6.18 Å². The Hall–Kier alpha value is -1.12. The lowest BCUT2D eigenvalue weighted by Gasteiger charge is -2.22. The second-order valence-corrected chi connectivity index (χ2v) is 5.84. The van der Waals surface area contributed by atoms with Gasteiger partial charge in [0.1, 0.15) is 6.04 Å². The highest BCUT2D eigenvalue weighted by Crippen LogP contribution is 2.32. The minimum absolute atomic E-state index is 0.0920. The molecule has 0 aromatic heterocycles. The van der Waals surface area contributed by atoms with Crippen LogP contribution in [0.15, 0.2) is 30.3 Å². The maximum absolute atomic E-state index is 12.9. The van der Waals surface area contributed by atoms with E-state index in [1.54, 1.807) is 6.07 Å². The van der Waals surface area contributed by atoms with Gasteiger partial charge in [0.15, 0.2) is 0 Å². The van der Waals surface area contributed by atoms with Crippen molar-refractivity contribution in [3.8, 4) is 0 Å². The summed E-state index contributed by atoms with van der Waals surface area (Å²) in [5, 5.41) is 2.30. The number of alkyl halides is 3. The summed E-state index contributed by atoms with van der Waals surface area (Å²) in [4.78, 5) is 0. The summed E-state index contributed by atoms with van der Waals surface area (Å²) in [5.41, 5.74) is 0.0920. The molecule has 0 bridgehead atoms. The molecule has 0 aliphatic carbocycles. The van der Waals surface area contributed by atoms with Gasteiger partial charge in [-0.25, -0.2) is 13.1 Å². The quantitative estimate of drug-likeness (QED) is 0.781. The van der Waals surface area contributed by atoms with Gasteiger partial charge in [0.2, 0.25) is 10.0 Å². The van der Waals surface area contributed by atoms with E-state index in [2.05, 4.69) is 10.0 Å². The molecule has 0 fully saturated rings. The summed E-state index contributed by atoms with van der Waals surface area (Å²) in [5.74, 6) is 0. The second-order valence-electron chi connectivity index (χ2n) is 4.01. The first-order chi connectivity index (χ1) is 8.70. The summed E-state index contributed by atoms with van der Waals surface area (Å²) < 4.78 is 62.3. The molecule has 1 atom stereocenters. The smallest absolute Gasteiger partial charge is 0.301 e. The number of nitrogens with one attached hydrogen (secondary N) is 2. The van der Waals surface area contributed by atoms with Crippen LogP contribution in [0.25, 0.3) is 0 Å². The second kappa shape index (κ2) is 6.36. The van der Waals surface area contributed by atoms with Crippen molar-refractivity contribution in [2.75, 3.05) is 19.3 Å². The van der Waals surface area contributed by atoms with Crippen molar-refractivity contribution in [3.63, 3.8) is 0 Å². The summed E-state index contributed by atoms with van der Waals surface area (Å²) in [6.07, 6.45) is -3.49. The molecule has 0 aliphatic heterocycles. The summed E-state index contributed by atoms with van der Waals surface area (Å²) >= 11 is 0. The van der Waals surface area contributed by atoms with Crippen LogP contribution in [-0.4, -0.2) is 33.9 Å². The lowest BCUT2D eigenvalue weighted by Crippen LogP contribution is -2.39. The third-order valence-corrected chi connectivity index (χ3v) is 3.03. The van der Waals surface area contributed by atoms with Crippen molar-refractivity contribution in [2.45, 2.75) is 12.2 Å². The molecule has 0 saturated carbocycles. The zero-order valence-electron chi connectivity index (χ0n) is 10.2. The molecular formula is C11H15F3N2O2S. The van der Waals surface area contributed by atoms with Crippen molar-refractivity contribution in [2.24, 2.45) is 0 Å². The molecule has 1 rings (SSSR count). The van der Waals surface area contributed by atoms with Gasteiger partial charge in [0, 0.05) is 13.1 Å². The highest BCUT2D eigenvalue weighted by Gasteiger charge is 2.40. The number of benzene rings is 1. The van der Waals surface area contributed by atoms with E-state index in [4.69, 9.17) is 0 Å². The van der Waals surface area contributed by atoms with E-state index in [1.807, 2.05) is 0 Å². The number of hydrogen-bond acceptors (Lipinski definition) is 3. The van der Waals surface area contributed by atoms with Crippen LogP contribution < -0.4 is 10.0 Å². The molecule has 0 saturated heterocycles. The third kappa shape index (κ3) is 6.04. The Morgan fingerprint density at radius 1 is 1.16 bits per heavy atom. The fourth-order valence-corrected chi connectivity index (χ4v) is 1.99. The fourth-order valence-electron chi connectivity index (χ4n) is 1.52. The van der Waals surface area contributed by atoms with Gasteiger partial charge in [0.25, 0.3) is 0 Å². The molecule has 8 heteroatoms. The molecule has 0 amide bonds. The predicted octanol–water partition coefficient (Wildman–Crippen LogP) is 1.43. The van der Waals surface area contributed by atoms with Crippen molar-refractivity contribution in [1.82, 2.24) is 10.0 Å². The first-order valence-electron chi connectivity index (χ1n) is 5.50. The molecule has 0 aliphatic rings. The van der Waals surface area contributed by atoms with Crippen LogP contribution in [-0.2, 0) is 10.0 Å². The van der Waals surface area contributed by atoms with Gasteiger partial charge in [-0.05, 0) is 5.56 Å². The summed E-state index contributed by atoms with van der Waals surface area (Å²) in [6.45, 7) is -0.218. The summed E-state index contributed by atoms with van der Waals surface area (Å²) in [6, 6.07) is 5.59. The monoisotopic (exact) mass is 296 g/mol. The maximum atomic E-state index is 12.9. The molecule has 0 heterocycles. The molecular weight excluding hydrogens is 281 g/mol. The van der Waals surface area contributed by atoms with E-state index in [9.17, 15) is 21.6 Å². The van der Waals surface area contributed by atoms with E-state index in [-0.39, 0.29) is 18.7 Å². The number of halogens is 3. The van der Waals surface area contributed by atoms with E-state index in [0.717, 1.165) is 6.26 Å². The van der Waals surface area contributed by atoms with Crippen molar-refractivity contribution in [1.29, 1.82) is 0 Å². The van der Waals surface area contributed by atoms with E-state index >= 15 is 0 Å². The Kier molecular flexibility index (Phi) is 5.33. The Balaban J connectivity index is 2.63. The van der Waals surface area contributed by atoms with Crippen LogP contribution >= 0.6 is 0 Å². The third-order valence-electron chi connectivity index (χ3n) is 2.30. The Morgan fingerprint density at radius 2 is 1.74 bits per heavy atom. The normalized spacial score (nSPS) is 14.3. The predicted molar refractivity (Wildman–Crippen MR) is 66.1 cm³/mol. The lowest BCUT2D eigenvalue weighted by molar-refractivity contribution is -0.157. The van der Waals surface area contributed by atoms with E-state index < -0.39 is 22.2 Å². The van der Waals surface area contributed by atoms with E-state index in [1.165, 1.54) is 24.3 Å². The minimum atomic E-state index is -4.44. The van der Waals surface area contributed by atoms with Gasteiger partial charge in [-0.2, -0.15) is 13.2 Å². The summed E-state index contributed by atoms with van der Waals surface area (Å²) in [7, 11) is -3.39. The molecule has 1 aromatic rings. The Morgan fingerprint density at radius 3 is 2.21 bits per heavy atom. The zero-order chi connectivity index (χ0) is 14.5. The molecule has 2 N–H and O–H groups in total. The highest BCUT2D eigenvalue weighted by molar-refractivity contribution is 7.88. The molecule has 108 valence electrons. The first kappa shape index (κ1) is 15.9. The van der Waals surface area contributed by atoms with Gasteiger partial charge in [-0.15, -0.1) is 0 Å². The van der Waals surface area contributed by atoms with Crippen LogP contribution in [0, 0.1) is 0 Å². The minimum Gasteiger partial charge on any atom is -0.301 e. The van der Waals surface area contributed by atoms with Gasteiger partial charge in [-0.3, -0.25) is 0 Å². The van der Waals surface area contributed by atoms with Gasteiger partial charge < -0.3 is 5.32 Å². The molecule has 19 heavy (non-hydrogen) atoms. The van der Waals surface area contributed by atoms with Gasteiger partial charge in [-0.1, -0.05) is 30.3 Å². The molecule has 4 nitrogen and oxygen atoms in total. The Bertz CT molecular complexity index is 488. The molecule has 1 aromatic carbocycles. The van der Waals surface area contributed by atoms with Crippen LogP contribution in [0.4, 0.5) is 13.2 Å². The lowest BCUT2D eigenvalue weighted by atomic mass is 10.1. The molecule has 1 unspecified atom stereocenters. The standard InChI is InChI=1S/C11H15F3N2O2S/c1-19(17,18)16-8-7-15-10(11(12,13)14)9-5-3-2-4-6-9/h2-6,10,15-16H,7-8H2,1H3. The van der Waals surface area contributed by atoms with Crippen molar-refractivity contribution in [3.05, 3.63) is 35.9 Å². The number of rotatable bonds is 6. The van der Waals surface area contributed by atoms with Crippen LogP contribution in [0.1, 0.15) is 11.6 Å². The molecule has 0 spiro atoms. The molecule has 0 radical (unpaired) electrons. The number of sulfonamides is 1. The SMILES string of the molecule is CS(=O)(=O)NCCNC(c1ccccc1)C(F)(F)F. The Labute approximate surface area is 110 Å². The van der Waals surface area contributed by atoms with Crippen molar-refractivity contribution >= 4 is 10.0 Å². The van der Waals surface area contributed by atoms with E-state index in [0.29, 0.717) is 0 Å². The van der Waals surface area contributed by atoms with Crippen LogP contribution in [0.2, 0.25) is 0 Å². The zero-order valence-corrected chi connectivity index (χ0v) is 11.1. The van der Waals surface area contributed by atoms with Crippen LogP contribution in [0.3, 0.4) is 0 Å². The number of hydrogen-bond donors (Lipinski definition) is 2. The average molecular weight is 296 g/mol. The first-order valence-corrected chi connectivity index (χ1v) is 7.39. The van der Waals surface area contributed by atoms with Gasteiger partial charge in [0.05, 0.1) is 6.26 Å².